The monoisotopic (exact) mass is 538 g/mol. The van der Waals surface area contributed by atoms with Crippen molar-refractivity contribution in [3.8, 4) is 0 Å². The van der Waals surface area contributed by atoms with Crippen molar-refractivity contribution >= 4 is 41.1 Å². The molecule has 1 heterocycles. The number of carboxylic acid groups (broad SMARTS) is 3. The molecule has 1 aromatic carbocycles. The Labute approximate surface area is 220 Å². The summed E-state index contributed by atoms with van der Waals surface area (Å²) in [6.45, 7) is 9.44. The van der Waals surface area contributed by atoms with Crippen LogP contribution in [0.4, 0.5) is 0 Å². The Morgan fingerprint density at radius 1 is 1.00 bits per heavy atom. The third kappa shape index (κ3) is 3.56. The van der Waals surface area contributed by atoms with Crippen molar-refractivity contribution in [3.63, 3.8) is 0 Å². The Morgan fingerprint density at radius 3 is 1.97 bits per heavy atom. The summed E-state index contributed by atoms with van der Waals surface area (Å²) < 4.78 is 1.82. The highest BCUT2D eigenvalue weighted by molar-refractivity contribution is 6.42. The van der Waals surface area contributed by atoms with Gasteiger partial charge in [0.25, 0.3) is 5.41 Å². The number of hydrogen-bond acceptors (Lipinski definition) is 4. The Balaban J connectivity index is 2.52. The second-order valence-corrected chi connectivity index (χ2v) is 10.7. The zero-order valence-electron chi connectivity index (χ0n) is 21.1. The highest BCUT2D eigenvalue weighted by Crippen LogP contribution is 2.65. The number of carbonyl (C=O) groups is 3. The van der Waals surface area contributed by atoms with E-state index < -0.39 is 34.2 Å². The fourth-order valence-electron chi connectivity index (χ4n) is 6.57. The van der Waals surface area contributed by atoms with Gasteiger partial charge in [0.2, 0.25) is 0 Å². The Morgan fingerprint density at radius 2 is 1.56 bits per heavy atom. The highest BCUT2D eigenvalue weighted by Gasteiger charge is 2.77. The second-order valence-electron chi connectivity index (χ2n) is 9.84. The number of benzene rings is 1. The van der Waals surface area contributed by atoms with Crippen LogP contribution in [0.25, 0.3) is 0 Å². The number of halogens is 2. The molecule has 196 valence electrons. The number of aliphatic carboxylic acids is 3. The number of hydrogen-bond donors (Lipinski definition) is 3. The molecule has 1 aliphatic carbocycles. The first-order valence-electron chi connectivity index (χ1n) is 12.0. The average Bonchev–Trinajstić information content (AvgIpc) is 3.29. The van der Waals surface area contributed by atoms with E-state index in [1.54, 1.807) is 25.1 Å². The SMILES string of the molecule is CCC1(CC)Cc2nc(C(C)C)n(Cc3ccc(Cl)c(Cl)c3)c2C1(CC)C(C(=O)O)(C(=O)O)C(=O)O. The van der Waals surface area contributed by atoms with E-state index in [9.17, 15) is 29.7 Å². The van der Waals surface area contributed by atoms with E-state index in [0.717, 1.165) is 5.56 Å². The van der Waals surface area contributed by atoms with Gasteiger partial charge in [-0.2, -0.15) is 0 Å². The Bertz CT molecular complexity index is 1180. The zero-order chi connectivity index (χ0) is 27.2. The molecule has 0 bridgehead atoms. The maximum absolute atomic E-state index is 12.9. The molecular formula is C26H32Cl2N2O6. The maximum atomic E-state index is 12.9. The lowest BCUT2D eigenvalue weighted by Crippen LogP contribution is -2.66. The van der Waals surface area contributed by atoms with Crippen LogP contribution in [0.1, 0.15) is 82.6 Å². The van der Waals surface area contributed by atoms with Crippen molar-refractivity contribution in [1.29, 1.82) is 0 Å². The summed E-state index contributed by atoms with van der Waals surface area (Å²) in [5.74, 6) is -5.15. The van der Waals surface area contributed by atoms with Gasteiger partial charge in [-0.1, -0.05) is 63.9 Å². The molecule has 8 nitrogen and oxygen atoms in total. The van der Waals surface area contributed by atoms with Crippen LogP contribution in [-0.4, -0.2) is 42.8 Å². The van der Waals surface area contributed by atoms with Crippen LogP contribution in [0, 0.1) is 10.8 Å². The standard InChI is InChI=1S/C26H32Cl2N2O6/c1-6-24(7-2)12-18-19(25(24,8-3)26(21(31)32,22(33)34)23(35)36)30(20(29-18)14(4)5)13-15-9-10-16(27)17(28)11-15/h9-11,14H,6-8,12-13H2,1-5H3,(H,31,32)(H,33,34)(H,35,36). The van der Waals surface area contributed by atoms with Gasteiger partial charge >= 0.3 is 17.9 Å². The molecule has 1 aromatic heterocycles. The van der Waals surface area contributed by atoms with Crippen molar-refractivity contribution in [2.24, 2.45) is 10.8 Å². The van der Waals surface area contributed by atoms with Crippen molar-refractivity contribution < 1.29 is 29.7 Å². The minimum Gasteiger partial charge on any atom is -0.480 e. The number of carboxylic acids is 3. The van der Waals surface area contributed by atoms with Crippen molar-refractivity contribution in [2.75, 3.05) is 0 Å². The van der Waals surface area contributed by atoms with Crippen molar-refractivity contribution in [1.82, 2.24) is 9.55 Å². The molecule has 0 amide bonds. The number of rotatable bonds is 10. The minimum absolute atomic E-state index is 0.0167. The molecule has 0 fully saturated rings. The largest absolute Gasteiger partial charge is 0.480 e. The molecule has 10 heteroatoms. The predicted octanol–water partition coefficient (Wildman–Crippen LogP) is 5.61. The topological polar surface area (TPSA) is 130 Å². The van der Waals surface area contributed by atoms with Gasteiger partial charge < -0.3 is 19.9 Å². The van der Waals surface area contributed by atoms with Crippen LogP contribution in [0.2, 0.25) is 10.0 Å². The van der Waals surface area contributed by atoms with Gasteiger partial charge in [-0.25, -0.2) is 4.98 Å². The minimum atomic E-state index is -3.12. The summed E-state index contributed by atoms with van der Waals surface area (Å²) in [4.78, 5) is 43.4. The quantitative estimate of drug-likeness (QED) is 0.335. The summed E-state index contributed by atoms with van der Waals surface area (Å²) >= 11 is 12.4. The molecule has 0 saturated heterocycles. The van der Waals surface area contributed by atoms with Gasteiger partial charge in [-0.05, 0) is 48.8 Å². The molecule has 0 saturated carbocycles. The number of fused-ring (bicyclic) bond motifs is 1. The number of imidazole rings is 1. The van der Waals surface area contributed by atoms with E-state index in [-0.39, 0.29) is 25.3 Å². The van der Waals surface area contributed by atoms with Gasteiger partial charge in [0.05, 0.1) is 26.8 Å². The first-order valence-corrected chi connectivity index (χ1v) is 12.8. The van der Waals surface area contributed by atoms with Crippen LogP contribution < -0.4 is 0 Å². The summed E-state index contributed by atoms with van der Waals surface area (Å²) in [5, 5.41) is 31.9. The average molecular weight is 539 g/mol. The van der Waals surface area contributed by atoms with Crippen LogP contribution in [-0.2, 0) is 32.8 Å². The first-order chi connectivity index (χ1) is 16.8. The smallest absolute Gasteiger partial charge is 0.333 e. The predicted molar refractivity (Wildman–Crippen MR) is 136 cm³/mol. The summed E-state index contributed by atoms with van der Waals surface area (Å²) in [6.07, 6.45) is 1.03. The molecule has 1 aliphatic rings. The lowest BCUT2D eigenvalue weighted by atomic mass is 9.48. The Hall–Kier alpha value is -2.58. The molecule has 1 unspecified atom stereocenters. The fraction of sp³-hybridized carbons (Fsp3) is 0.538. The highest BCUT2D eigenvalue weighted by atomic mass is 35.5. The lowest BCUT2D eigenvalue weighted by Gasteiger charge is -2.51. The van der Waals surface area contributed by atoms with Crippen molar-refractivity contribution in [3.05, 3.63) is 51.0 Å². The molecule has 0 aliphatic heterocycles. The van der Waals surface area contributed by atoms with Gasteiger partial charge in [0, 0.05) is 12.5 Å². The molecule has 3 rings (SSSR count). The van der Waals surface area contributed by atoms with Crippen LogP contribution in [0.5, 0.6) is 0 Å². The maximum Gasteiger partial charge on any atom is 0.333 e. The van der Waals surface area contributed by atoms with Crippen LogP contribution >= 0.6 is 23.2 Å². The molecule has 1 atom stereocenters. The van der Waals surface area contributed by atoms with Gasteiger partial charge in [-0.15, -0.1) is 0 Å². The number of nitrogens with zero attached hydrogens (tertiary/aromatic N) is 2. The lowest BCUT2D eigenvalue weighted by molar-refractivity contribution is -0.189. The van der Waals surface area contributed by atoms with E-state index in [0.29, 0.717) is 40.1 Å². The molecule has 0 radical (unpaired) electrons. The molecule has 0 spiro atoms. The van der Waals surface area contributed by atoms with E-state index in [1.165, 1.54) is 0 Å². The van der Waals surface area contributed by atoms with E-state index >= 15 is 0 Å². The van der Waals surface area contributed by atoms with Gasteiger partial charge in [0.1, 0.15) is 5.82 Å². The zero-order valence-corrected chi connectivity index (χ0v) is 22.6. The first kappa shape index (κ1) is 28.0. The third-order valence-corrected chi connectivity index (χ3v) is 8.95. The Kier molecular flexibility index (Phi) is 7.55. The summed E-state index contributed by atoms with van der Waals surface area (Å²) in [7, 11) is 0. The molecule has 2 aromatic rings. The normalized spacial score (nSPS) is 18.9. The van der Waals surface area contributed by atoms with E-state index in [4.69, 9.17) is 28.2 Å². The van der Waals surface area contributed by atoms with Gasteiger partial charge in [0.15, 0.2) is 0 Å². The fourth-order valence-corrected chi connectivity index (χ4v) is 6.90. The number of aromatic nitrogens is 2. The summed E-state index contributed by atoms with van der Waals surface area (Å²) in [5.41, 5.74) is -4.19. The summed E-state index contributed by atoms with van der Waals surface area (Å²) in [6, 6.07) is 5.12. The molecule has 36 heavy (non-hydrogen) atoms. The van der Waals surface area contributed by atoms with E-state index in [2.05, 4.69) is 0 Å². The van der Waals surface area contributed by atoms with E-state index in [1.807, 2.05) is 32.3 Å². The van der Waals surface area contributed by atoms with Crippen LogP contribution in [0.3, 0.4) is 0 Å². The second kappa shape index (κ2) is 9.71. The third-order valence-electron chi connectivity index (χ3n) is 8.21. The van der Waals surface area contributed by atoms with Crippen molar-refractivity contribution in [2.45, 2.75) is 78.2 Å². The van der Waals surface area contributed by atoms with Gasteiger partial charge in [-0.3, -0.25) is 14.4 Å². The molecule has 3 N–H and O–H groups in total. The van der Waals surface area contributed by atoms with Crippen LogP contribution in [0.15, 0.2) is 18.2 Å². The molecular weight excluding hydrogens is 507 g/mol.